The zero-order valence-corrected chi connectivity index (χ0v) is 11.9. The Bertz CT molecular complexity index is 500. The van der Waals surface area contributed by atoms with Gasteiger partial charge in [0.25, 0.3) is 0 Å². The molecule has 0 spiro atoms. The van der Waals surface area contributed by atoms with Gasteiger partial charge in [-0.15, -0.1) is 0 Å². The van der Waals surface area contributed by atoms with Crippen molar-refractivity contribution in [1.29, 1.82) is 0 Å². The molecule has 1 N–H and O–H groups in total. The molecule has 0 heterocycles. The zero-order chi connectivity index (χ0) is 16.2. The van der Waals surface area contributed by atoms with E-state index in [0.717, 1.165) is 12.1 Å². The molecule has 0 saturated carbocycles. The van der Waals surface area contributed by atoms with Crippen LogP contribution in [0.25, 0.3) is 0 Å². The third kappa shape index (κ3) is 4.70. The highest BCUT2D eigenvalue weighted by Crippen LogP contribution is 2.32. The maximum Gasteiger partial charge on any atom is 0.416 e. The normalized spacial score (nSPS) is 13.3. The third-order valence-corrected chi connectivity index (χ3v) is 3.01. The summed E-state index contributed by atoms with van der Waals surface area (Å²) < 4.78 is 56.1. The molecule has 1 rings (SSSR count). The molecular formula is C14H17F4NO2. The maximum absolute atomic E-state index is 13.0. The molecular weight excluding hydrogens is 290 g/mol. The van der Waals surface area contributed by atoms with Crippen molar-refractivity contribution in [3.8, 4) is 0 Å². The minimum Gasteiger partial charge on any atom is -0.468 e. The Labute approximate surface area is 120 Å². The van der Waals surface area contributed by atoms with Crippen molar-refractivity contribution in [1.82, 2.24) is 5.32 Å². The number of ether oxygens (including phenoxy) is 1. The molecule has 0 amide bonds. The average Bonchev–Trinajstić information content (AvgIpc) is 2.38. The second kappa shape index (κ2) is 6.89. The first-order chi connectivity index (χ1) is 9.66. The molecule has 0 unspecified atom stereocenters. The molecule has 1 aromatic carbocycles. The molecule has 0 radical (unpaired) electrons. The second-order valence-corrected chi connectivity index (χ2v) is 4.92. The van der Waals surface area contributed by atoms with Gasteiger partial charge in [-0.05, 0) is 23.6 Å². The summed E-state index contributed by atoms with van der Waals surface area (Å²) in [6, 6.07) is 1.72. The van der Waals surface area contributed by atoms with Crippen LogP contribution < -0.4 is 5.32 Å². The second-order valence-electron chi connectivity index (χ2n) is 4.92. The summed E-state index contributed by atoms with van der Waals surface area (Å²) >= 11 is 0. The highest BCUT2D eigenvalue weighted by Gasteiger charge is 2.34. The molecule has 0 fully saturated rings. The van der Waals surface area contributed by atoms with Crippen LogP contribution >= 0.6 is 0 Å². The largest absolute Gasteiger partial charge is 0.468 e. The number of esters is 1. The standard InChI is InChI=1S/C14H17F4NO2/c1-8(2)12(13(20)21-3)19-7-9-4-5-10(15)6-11(9)14(16,17)18/h4-6,8,12,19H,7H2,1-3H3/t12-/m0/s1. The van der Waals surface area contributed by atoms with Crippen LogP contribution in [0.5, 0.6) is 0 Å². The maximum atomic E-state index is 13.0. The van der Waals surface area contributed by atoms with Gasteiger partial charge in [0.05, 0.1) is 12.7 Å². The smallest absolute Gasteiger partial charge is 0.416 e. The van der Waals surface area contributed by atoms with Gasteiger partial charge in [-0.3, -0.25) is 4.79 Å². The number of hydrogen-bond donors (Lipinski definition) is 1. The summed E-state index contributed by atoms with van der Waals surface area (Å²) in [4.78, 5) is 11.5. The predicted molar refractivity (Wildman–Crippen MR) is 68.9 cm³/mol. The molecule has 7 heteroatoms. The Morgan fingerprint density at radius 1 is 1.33 bits per heavy atom. The zero-order valence-electron chi connectivity index (χ0n) is 11.9. The van der Waals surface area contributed by atoms with E-state index in [1.54, 1.807) is 13.8 Å². The van der Waals surface area contributed by atoms with E-state index in [-0.39, 0.29) is 18.0 Å². The Hall–Kier alpha value is -1.63. The van der Waals surface area contributed by atoms with Gasteiger partial charge in [-0.2, -0.15) is 13.2 Å². The summed E-state index contributed by atoms with van der Waals surface area (Å²) in [5.74, 6) is -1.67. The lowest BCUT2D eigenvalue weighted by molar-refractivity contribution is -0.144. The van der Waals surface area contributed by atoms with E-state index < -0.39 is 29.6 Å². The number of methoxy groups -OCH3 is 1. The minimum absolute atomic E-state index is 0.126. The van der Waals surface area contributed by atoms with Crippen LogP contribution in [-0.4, -0.2) is 19.1 Å². The lowest BCUT2D eigenvalue weighted by Crippen LogP contribution is -2.41. The van der Waals surface area contributed by atoms with E-state index >= 15 is 0 Å². The van der Waals surface area contributed by atoms with E-state index in [1.807, 2.05) is 0 Å². The minimum atomic E-state index is -4.66. The molecule has 1 aromatic rings. The highest BCUT2D eigenvalue weighted by atomic mass is 19.4. The van der Waals surface area contributed by atoms with E-state index in [4.69, 9.17) is 0 Å². The Morgan fingerprint density at radius 2 is 1.95 bits per heavy atom. The molecule has 0 aliphatic rings. The van der Waals surface area contributed by atoms with Crippen molar-refractivity contribution < 1.29 is 27.1 Å². The predicted octanol–water partition coefficient (Wildman–Crippen LogP) is 3.13. The number of carbonyl (C=O) groups is 1. The topological polar surface area (TPSA) is 38.3 Å². The van der Waals surface area contributed by atoms with Crippen LogP contribution in [-0.2, 0) is 22.3 Å². The van der Waals surface area contributed by atoms with Crippen molar-refractivity contribution in [2.24, 2.45) is 5.92 Å². The van der Waals surface area contributed by atoms with Crippen molar-refractivity contribution in [2.75, 3.05) is 7.11 Å². The number of benzene rings is 1. The van der Waals surface area contributed by atoms with E-state index in [9.17, 15) is 22.4 Å². The van der Waals surface area contributed by atoms with E-state index in [1.165, 1.54) is 7.11 Å². The van der Waals surface area contributed by atoms with Crippen LogP contribution in [0.2, 0.25) is 0 Å². The van der Waals surface area contributed by atoms with Crippen LogP contribution in [0, 0.1) is 11.7 Å². The van der Waals surface area contributed by atoms with Crippen molar-refractivity contribution in [3.05, 3.63) is 35.1 Å². The van der Waals surface area contributed by atoms with Crippen molar-refractivity contribution >= 4 is 5.97 Å². The van der Waals surface area contributed by atoms with Gasteiger partial charge >= 0.3 is 12.1 Å². The summed E-state index contributed by atoms with van der Waals surface area (Å²) in [6.07, 6.45) is -4.66. The highest BCUT2D eigenvalue weighted by molar-refractivity contribution is 5.75. The third-order valence-electron chi connectivity index (χ3n) is 3.01. The first-order valence-corrected chi connectivity index (χ1v) is 6.33. The first-order valence-electron chi connectivity index (χ1n) is 6.33. The van der Waals surface area contributed by atoms with Gasteiger partial charge in [0.2, 0.25) is 0 Å². The monoisotopic (exact) mass is 307 g/mol. The summed E-state index contributed by atoms with van der Waals surface area (Å²) in [7, 11) is 1.21. The Balaban J connectivity index is 2.95. The molecule has 1 atom stereocenters. The average molecular weight is 307 g/mol. The fourth-order valence-corrected chi connectivity index (χ4v) is 1.90. The first kappa shape index (κ1) is 17.4. The molecule has 0 saturated heterocycles. The van der Waals surface area contributed by atoms with E-state index in [0.29, 0.717) is 6.07 Å². The molecule has 0 aromatic heterocycles. The Kier molecular flexibility index (Phi) is 5.71. The van der Waals surface area contributed by atoms with Gasteiger partial charge < -0.3 is 10.1 Å². The quantitative estimate of drug-likeness (QED) is 0.671. The fraction of sp³-hybridized carbons (Fsp3) is 0.500. The summed E-state index contributed by atoms with van der Waals surface area (Å²) in [5.41, 5.74) is -1.18. The van der Waals surface area contributed by atoms with Gasteiger partial charge in [0, 0.05) is 6.54 Å². The van der Waals surface area contributed by atoms with E-state index in [2.05, 4.69) is 10.1 Å². The van der Waals surface area contributed by atoms with Crippen LogP contribution in [0.1, 0.15) is 25.0 Å². The van der Waals surface area contributed by atoms with Crippen LogP contribution in [0.15, 0.2) is 18.2 Å². The van der Waals surface area contributed by atoms with Gasteiger partial charge in [-0.25, -0.2) is 4.39 Å². The number of halogens is 4. The molecule has 3 nitrogen and oxygen atoms in total. The molecule has 0 aliphatic carbocycles. The number of hydrogen-bond acceptors (Lipinski definition) is 3. The van der Waals surface area contributed by atoms with Gasteiger partial charge in [0.1, 0.15) is 11.9 Å². The number of nitrogens with one attached hydrogen (secondary N) is 1. The number of rotatable bonds is 5. The molecule has 118 valence electrons. The number of alkyl halides is 3. The fourth-order valence-electron chi connectivity index (χ4n) is 1.90. The van der Waals surface area contributed by atoms with Gasteiger partial charge in [0.15, 0.2) is 0 Å². The molecule has 0 bridgehead atoms. The lowest BCUT2D eigenvalue weighted by atomic mass is 10.0. The SMILES string of the molecule is COC(=O)[C@@H](NCc1ccc(F)cc1C(F)(F)F)C(C)C. The summed E-state index contributed by atoms with van der Waals surface area (Å²) in [5, 5.41) is 2.72. The van der Waals surface area contributed by atoms with Crippen LogP contribution in [0.4, 0.5) is 17.6 Å². The van der Waals surface area contributed by atoms with Crippen molar-refractivity contribution in [2.45, 2.75) is 32.6 Å². The van der Waals surface area contributed by atoms with Gasteiger partial charge in [-0.1, -0.05) is 19.9 Å². The van der Waals surface area contributed by atoms with Crippen molar-refractivity contribution in [3.63, 3.8) is 0 Å². The summed E-state index contributed by atoms with van der Waals surface area (Å²) in [6.45, 7) is 3.26. The lowest BCUT2D eigenvalue weighted by Gasteiger charge is -2.21. The molecule has 21 heavy (non-hydrogen) atoms. The molecule has 0 aliphatic heterocycles. The number of carbonyl (C=O) groups excluding carboxylic acids is 1. The van der Waals surface area contributed by atoms with Crippen LogP contribution in [0.3, 0.4) is 0 Å². The Morgan fingerprint density at radius 3 is 2.43 bits per heavy atom.